The Morgan fingerprint density at radius 1 is 1.32 bits per heavy atom. The first-order chi connectivity index (χ1) is 13.2. The summed E-state index contributed by atoms with van der Waals surface area (Å²) in [6.07, 6.45) is 2.31. The molecule has 0 saturated carbocycles. The van der Waals surface area contributed by atoms with Gasteiger partial charge in [-0.15, -0.1) is 35.3 Å². The van der Waals surface area contributed by atoms with Gasteiger partial charge in [0.15, 0.2) is 5.96 Å². The molecule has 9 heteroatoms. The second-order valence-electron chi connectivity index (χ2n) is 6.33. The summed E-state index contributed by atoms with van der Waals surface area (Å²) in [4.78, 5) is 20.4. The van der Waals surface area contributed by atoms with Crippen molar-refractivity contribution in [3.8, 4) is 0 Å². The zero-order chi connectivity index (χ0) is 19.3. The molecule has 0 unspecified atom stereocenters. The molecule has 0 spiro atoms. The van der Waals surface area contributed by atoms with Crippen molar-refractivity contribution in [2.45, 2.75) is 32.7 Å². The number of fused-ring (bicyclic) bond motifs is 1. The summed E-state index contributed by atoms with van der Waals surface area (Å²) in [5.41, 5.74) is 1.30. The Labute approximate surface area is 189 Å². The zero-order valence-electron chi connectivity index (χ0n) is 16.9. The van der Waals surface area contributed by atoms with Crippen LogP contribution in [-0.4, -0.2) is 69.9 Å². The minimum atomic E-state index is 0. The van der Waals surface area contributed by atoms with Crippen LogP contribution in [0.3, 0.4) is 0 Å². The van der Waals surface area contributed by atoms with Gasteiger partial charge in [-0.05, 0) is 36.8 Å². The van der Waals surface area contributed by atoms with Gasteiger partial charge >= 0.3 is 0 Å². The van der Waals surface area contributed by atoms with E-state index in [4.69, 9.17) is 9.47 Å². The number of aliphatic imine (C=N–C) groups is 1. The summed E-state index contributed by atoms with van der Waals surface area (Å²) < 4.78 is 10.4. The largest absolute Gasteiger partial charge is 0.382 e. The molecule has 0 bridgehead atoms. The van der Waals surface area contributed by atoms with Crippen molar-refractivity contribution in [1.82, 2.24) is 15.5 Å². The van der Waals surface area contributed by atoms with E-state index in [0.29, 0.717) is 39.3 Å². The highest BCUT2D eigenvalue weighted by molar-refractivity contribution is 14.0. The Morgan fingerprint density at radius 3 is 2.96 bits per heavy atom. The molecule has 1 aromatic rings. The molecule has 7 nitrogen and oxygen atoms in total. The molecule has 28 heavy (non-hydrogen) atoms. The molecule has 1 aliphatic heterocycles. The van der Waals surface area contributed by atoms with Crippen LogP contribution in [0.1, 0.15) is 30.2 Å². The highest BCUT2D eigenvalue weighted by Gasteiger charge is 2.20. The van der Waals surface area contributed by atoms with Crippen molar-refractivity contribution in [2.24, 2.45) is 4.99 Å². The lowest BCUT2D eigenvalue weighted by atomic mass is 10.1. The van der Waals surface area contributed by atoms with Crippen molar-refractivity contribution in [3.05, 3.63) is 21.9 Å². The number of carbonyl (C=O) groups excluding carboxylic acids is 1. The van der Waals surface area contributed by atoms with Gasteiger partial charge in [-0.1, -0.05) is 0 Å². The van der Waals surface area contributed by atoms with Crippen LogP contribution in [0.15, 0.2) is 16.4 Å². The Balaban J connectivity index is 0.00000392. The highest BCUT2D eigenvalue weighted by atomic mass is 127. The number of nitrogens with zero attached hydrogens (tertiary/aromatic N) is 2. The van der Waals surface area contributed by atoms with E-state index in [1.165, 1.54) is 10.4 Å². The molecular formula is C19H33IN4O3S. The van der Waals surface area contributed by atoms with Crippen LogP contribution in [0.2, 0.25) is 0 Å². The Hall–Kier alpha value is -0.910. The van der Waals surface area contributed by atoms with Gasteiger partial charge in [0.2, 0.25) is 5.91 Å². The molecule has 2 N–H and O–H groups in total. The summed E-state index contributed by atoms with van der Waals surface area (Å²) in [5.74, 6) is 0.947. The smallest absolute Gasteiger partial charge is 0.224 e. The highest BCUT2D eigenvalue weighted by Crippen LogP contribution is 2.24. The normalized spacial score (nSPS) is 13.6. The summed E-state index contributed by atoms with van der Waals surface area (Å²) in [7, 11) is 1.66. The van der Waals surface area contributed by atoms with E-state index in [1.807, 2.05) is 11.8 Å². The molecule has 0 atom stereocenters. The summed E-state index contributed by atoms with van der Waals surface area (Å²) in [6, 6.07) is 2.13. The minimum absolute atomic E-state index is 0. The third-order valence-corrected chi connectivity index (χ3v) is 5.31. The number of guanidine groups is 1. The van der Waals surface area contributed by atoms with E-state index in [-0.39, 0.29) is 29.9 Å². The molecule has 1 aromatic heterocycles. The van der Waals surface area contributed by atoms with Crippen molar-refractivity contribution in [3.63, 3.8) is 0 Å². The molecule has 160 valence electrons. The Bertz CT molecular complexity index is 597. The lowest BCUT2D eigenvalue weighted by Crippen LogP contribution is -2.41. The lowest BCUT2D eigenvalue weighted by Gasteiger charge is -2.27. The first-order valence-corrected chi connectivity index (χ1v) is 10.5. The fourth-order valence-electron chi connectivity index (χ4n) is 2.85. The average Bonchev–Trinajstić information content (AvgIpc) is 3.15. The van der Waals surface area contributed by atoms with Crippen molar-refractivity contribution in [2.75, 3.05) is 53.1 Å². The van der Waals surface area contributed by atoms with Crippen molar-refractivity contribution >= 4 is 47.2 Å². The Kier molecular flexibility index (Phi) is 13.5. The first kappa shape index (κ1) is 25.1. The number of halogens is 1. The van der Waals surface area contributed by atoms with E-state index >= 15 is 0 Å². The van der Waals surface area contributed by atoms with Crippen LogP contribution in [0.4, 0.5) is 0 Å². The van der Waals surface area contributed by atoms with Crippen molar-refractivity contribution in [1.29, 1.82) is 0 Å². The molecule has 0 aliphatic carbocycles. The van der Waals surface area contributed by atoms with E-state index in [1.54, 1.807) is 18.4 Å². The SMILES string of the molecule is CCNC(=NCCCOCCOC)NCCC(=O)N1CCc2sccc2C1.I. The molecule has 2 heterocycles. The number of amides is 1. The molecule has 2 rings (SSSR count). The van der Waals surface area contributed by atoms with Gasteiger partial charge in [0, 0.05) is 57.7 Å². The molecule has 0 saturated heterocycles. The first-order valence-electron chi connectivity index (χ1n) is 9.66. The maximum atomic E-state index is 12.5. The van der Waals surface area contributed by atoms with Crippen LogP contribution < -0.4 is 10.6 Å². The lowest BCUT2D eigenvalue weighted by molar-refractivity contribution is -0.131. The van der Waals surface area contributed by atoms with Gasteiger partial charge in [0.1, 0.15) is 0 Å². The number of hydrogen-bond donors (Lipinski definition) is 2. The van der Waals surface area contributed by atoms with Gasteiger partial charge in [0.25, 0.3) is 0 Å². The summed E-state index contributed by atoms with van der Waals surface area (Å²) in [6.45, 7) is 7.56. The standard InChI is InChI=1S/C19H32N4O3S.HI/c1-3-20-19(21-8-4-11-26-13-12-25-2)22-9-5-18(24)23-10-6-17-16(15-23)7-14-27-17;/h7,14H,3-6,8-13,15H2,1-2H3,(H2,20,21,22);1H. The van der Waals surface area contributed by atoms with Gasteiger partial charge in [-0.2, -0.15) is 0 Å². The van der Waals surface area contributed by atoms with E-state index in [2.05, 4.69) is 27.1 Å². The van der Waals surface area contributed by atoms with Gasteiger partial charge in [0.05, 0.1) is 13.2 Å². The number of rotatable bonds is 11. The van der Waals surface area contributed by atoms with E-state index < -0.39 is 0 Å². The second kappa shape index (κ2) is 15.0. The third kappa shape index (κ3) is 9.06. The fourth-order valence-corrected chi connectivity index (χ4v) is 3.74. The van der Waals surface area contributed by atoms with Crippen LogP contribution in [0.5, 0.6) is 0 Å². The number of nitrogens with one attached hydrogen (secondary N) is 2. The van der Waals surface area contributed by atoms with Gasteiger partial charge in [-0.3, -0.25) is 9.79 Å². The third-order valence-electron chi connectivity index (χ3n) is 4.28. The van der Waals surface area contributed by atoms with Crippen LogP contribution in [0.25, 0.3) is 0 Å². The molecule has 1 amide bonds. The topological polar surface area (TPSA) is 75.2 Å². The predicted molar refractivity (Wildman–Crippen MR) is 125 cm³/mol. The molecular weight excluding hydrogens is 491 g/mol. The van der Waals surface area contributed by atoms with Gasteiger partial charge < -0.3 is 25.0 Å². The number of thiophene rings is 1. The minimum Gasteiger partial charge on any atom is -0.382 e. The molecule has 0 fully saturated rings. The molecule has 0 aromatic carbocycles. The fraction of sp³-hybridized carbons (Fsp3) is 0.684. The maximum Gasteiger partial charge on any atom is 0.224 e. The zero-order valence-corrected chi connectivity index (χ0v) is 20.0. The Morgan fingerprint density at radius 2 is 2.18 bits per heavy atom. The number of hydrogen-bond acceptors (Lipinski definition) is 5. The average molecular weight is 524 g/mol. The quantitative estimate of drug-likeness (QED) is 0.201. The number of carbonyl (C=O) groups is 1. The van der Waals surface area contributed by atoms with E-state index in [9.17, 15) is 4.79 Å². The summed E-state index contributed by atoms with van der Waals surface area (Å²) in [5, 5.41) is 8.57. The van der Waals surface area contributed by atoms with Crippen molar-refractivity contribution < 1.29 is 14.3 Å². The molecule has 0 radical (unpaired) electrons. The number of methoxy groups -OCH3 is 1. The second-order valence-corrected chi connectivity index (χ2v) is 7.33. The van der Waals surface area contributed by atoms with Gasteiger partial charge in [-0.25, -0.2) is 0 Å². The summed E-state index contributed by atoms with van der Waals surface area (Å²) >= 11 is 1.79. The maximum absolute atomic E-state index is 12.5. The predicted octanol–water partition coefficient (Wildman–Crippen LogP) is 2.25. The van der Waals surface area contributed by atoms with Crippen LogP contribution in [0, 0.1) is 0 Å². The van der Waals surface area contributed by atoms with Crippen LogP contribution in [-0.2, 0) is 27.2 Å². The van der Waals surface area contributed by atoms with E-state index in [0.717, 1.165) is 38.4 Å². The monoisotopic (exact) mass is 524 g/mol. The van der Waals surface area contributed by atoms with Crippen LogP contribution >= 0.6 is 35.3 Å². The molecule has 1 aliphatic rings. The number of ether oxygens (including phenoxy) is 2.